The van der Waals surface area contributed by atoms with Crippen molar-refractivity contribution in [3.05, 3.63) is 42.5 Å². The Balaban J connectivity index is 1.00. The Morgan fingerprint density at radius 2 is 1.63 bits per heavy atom. The highest BCUT2D eigenvalue weighted by Gasteiger charge is 2.58. The highest BCUT2D eigenvalue weighted by molar-refractivity contribution is 7.91. The molecule has 65 heavy (non-hydrogen) atoms. The number of hydrogen-bond acceptors (Lipinski definition) is 11. The van der Waals surface area contributed by atoms with Crippen molar-refractivity contribution in [2.24, 2.45) is 17.8 Å². The summed E-state index contributed by atoms with van der Waals surface area (Å²) in [6.45, 7) is 5.55. The number of alkyl carbamates (subject to hydrolysis) is 1. The molecule has 5 heterocycles. The van der Waals surface area contributed by atoms with Crippen molar-refractivity contribution in [3.8, 4) is 11.6 Å². The topological polar surface area (TPSA) is 194 Å². The maximum absolute atomic E-state index is 15.2. The Labute approximate surface area is 382 Å². The molecule has 7 fully saturated rings. The van der Waals surface area contributed by atoms with E-state index in [1.807, 2.05) is 18.2 Å². The summed E-state index contributed by atoms with van der Waals surface area (Å²) >= 11 is 0. The van der Waals surface area contributed by atoms with E-state index in [1.54, 1.807) is 13.0 Å². The zero-order valence-electron chi connectivity index (χ0n) is 37.7. The number of nitrogens with zero attached hydrogens (tertiary/aromatic N) is 2. The van der Waals surface area contributed by atoms with Crippen LogP contribution in [0.4, 0.5) is 4.79 Å². The van der Waals surface area contributed by atoms with E-state index in [9.17, 15) is 22.8 Å². The van der Waals surface area contributed by atoms with Gasteiger partial charge in [-0.1, -0.05) is 50.3 Å². The van der Waals surface area contributed by atoms with Crippen LogP contribution < -0.4 is 30.1 Å². The number of benzene rings is 1. The third-order valence-corrected chi connectivity index (χ3v) is 18.5. The lowest BCUT2D eigenvalue weighted by molar-refractivity contribution is -0.145. The van der Waals surface area contributed by atoms with Crippen molar-refractivity contribution in [1.29, 1.82) is 0 Å². The Morgan fingerprint density at radius 3 is 2.34 bits per heavy atom. The van der Waals surface area contributed by atoms with Gasteiger partial charge in [0.1, 0.15) is 41.7 Å². The number of para-hydroxylation sites is 1. The van der Waals surface area contributed by atoms with Gasteiger partial charge in [0, 0.05) is 29.8 Å². The van der Waals surface area contributed by atoms with Crippen LogP contribution in [0.1, 0.15) is 134 Å². The first-order valence-electron chi connectivity index (χ1n) is 24.6. The molecule has 4 aliphatic heterocycles. The highest BCUT2D eigenvalue weighted by atomic mass is 32.2. The average Bonchev–Trinajstić information content (AvgIpc) is 4.14. The number of pyridine rings is 1. The van der Waals surface area contributed by atoms with Gasteiger partial charge in [-0.3, -0.25) is 19.1 Å². The van der Waals surface area contributed by atoms with Gasteiger partial charge in [-0.15, -0.1) is 6.58 Å². The van der Waals surface area contributed by atoms with Crippen LogP contribution >= 0.6 is 0 Å². The van der Waals surface area contributed by atoms with E-state index < -0.39 is 68.2 Å². The first-order valence-corrected chi connectivity index (χ1v) is 26.1. The van der Waals surface area contributed by atoms with Crippen molar-refractivity contribution in [2.75, 3.05) is 6.54 Å². The van der Waals surface area contributed by atoms with Gasteiger partial charge in [-0.05, 0) is 121 Å². The van der Waals surface area contributed by atoms with Gasteiger partial charge in [0.25, 0.3) is 5.91 Å². The molecule has 4 bridgehead atoms. The molecule has 0 spiro atoms. The summed E-state index contributed by atoms with van der Waals surface area (Å²) in [5, 5.41) is 10.6. The number of amides is 4. The number of sulfonamides is 1. The van der Waals surface area contributed by atoms with Gasteiger partial charge < -0.3 is 35.1 Å². The number of hydrogen-bond donors (Lipinski definition) is 4. The molecule has 4 saturated carbocycles. The Hall–Kier alpha value is -4.44. The Morgan fingerprint density at radius 1 is 0.908 bits per heavy atom. The summed E-state index contributed by atoms with van der Waals surface area (Å²) in [5.74, 6) is -1.06. The lowest BCUT2D eigenvalue weighted by Crippen LogP contribution is -2.70. The molecule has 4 N–H and O–H groups in total. The molecule has 9 atom stereocenters. The molecule has 3 saturated heterocycles. The van der Waals surface area contributed by atoms with Crippen LogP contribution in [0, 0.1) is 17.8 Å². The molecule has 9 unspecified atom stereocenters. The predicted molar refractivity (Wildman–Crippen MR) is 242 cm³/mol. The molecular formula is C49H66N6O9S. The number of aromatic nitrogens is 1. The fraction of sp³-hybridized carbons (Fsp3) is 0.694. The molecule has 10 rings (SSSR count). The van der Waals surface area contributed by atoms with Gasteiger partial charge in [-0.2, -0.15) is 0 Å². The van der Waals surface area contributed by atoms with Crippen molar-refractivity contribution in [2.45, 2.75) is 188 Å². The van der Waals surface area contributed by atoms with Crippen molar-refractivity contribution in [1.82, 2.24) is 30.6 Å². The van der Waals surface area contributed by atoms with Crippen molar-refractivity contribution < 1.29 is 41.8 Å². The lowest BCUT2D eigenvalue weighted by atomic mass is 9.66. The Kier molecular flexibility index (Phi) is 12.1. The average molecular weight is 915 g/mol. The predicted octanol–water partition coefficient (Wildman–Crippen LogP) is 5.87. The second-order valence-electron chi connectivity index (χ2n) is 20.9. The maximum atomic E-state index is 15.2. The molecular weight excluding hydrogens is 849 g/mol. The number of ether oxygens (including phenoxy) is 3. The molecule has 0 radical (unpaired) electrons. The van der Waals surface area contributed by atoms with E-state index in [0.717, 1.165) is 112 Å². The van der Waals surface area contributed by atoms with Crippen molar-refractivity contribution in [3.63, 3.8) is 0 Å². The zero-order chi connectivity index (χ0) is 45.1. The first kappa shape index (κ1) is 44.4. The van der Waals surface area contributed by atoms with E-state index in [2.05, 4.69) is 33.3 Å². The van der Waals surface area contributed by atoms with Crippen LogP contribution in [0.25, 0.3) is 10.9 Å². The summed E-state index contributed by atoms with van der Waals surface area (Å²) in [7, 11) is -4.02. The summed E-state index contributed by atoms with van der Waals surface area (Å²) in [6.07, 6.45) is 15.3. The molecule has 2 aromatic rings. The monoisotopic (exact) mass is 914 g/mol. The second-order valence-corrected chi connectivity index (χ2v) is 23.1. The number of nitrogens with one attached hydrogen (secondary N) is 4. The van der Waals surface area contributed by atoms with Gasteiger partial charge in [0.15, 0.2) is 0 Å². The van der Waals surface area contributed by atoms with E-state index in [0.29, 0.717) is 43.6 Å². The minimum absolute atomic E-state index is 0.0141. The third kappa shape index (κ3) is 8.82. The summed E-state index contributed by atoms with van der Waals surface area (Å²) in [5.41, 5.74) is 0.0191. The number of carbonyl (C=O) groups excluding carboxylic acids is 4. The fourth-order valence-corrected chi connectivity index (χ4v) is 13.1. The lowest BCUT2D eigenvalue weighted by Gasteiger charge is -2.47. The second kappa shape index (κ2) is 17.7. The number of rotatable bonds is 9. The number of piperidine rings is 1. The third-order valence-electron chi connectivity index (χ3n) is 16.4. The molecule has 15 nitrogen and oxygen atoms in total. The van der Waals surface area contributed by atoms with Crippen LogP contribution in [0.2, 0.25) is 0 Å². The van der Waals surface area contributed by atoms with E-state index in [1.165, 1.54) is 4.90 Å². The van der Waals surface area contributed by atoms with E-state index in [-0.39, 0.29) is 43.4 Å². The minimum Gasteiger partial charge on any atom is -0.489 e. The largest absolute Gasteiger partial charge is 0.489 e. The van der Waals surface area contributed by atoms with Crippen LogP contribution in [-0.4, -0.2) is 101 Å². The quantitative estimate of drug-likeness (QED) is 0.220. The summed E-state index contributed by atoms with van der Waals surface area (Å²) < 4.78 is 48.0. The van der Waals surface area contributed by atoms with E-state index >= 15 is 4.79 Å². The van der Waals surface area contributed by atoms with Gasteiger partial charge in [0.2, 0.25) is 27.7 Å². The Bertz CT molecular complexity index is 2300. The number of carbonyl (C=O) groups is 4. The van der Waals surface area contributed by atoms with Gasteiger partial charge in [0.05, 0.1) is 22.4 Å². The fourth-order valence-electron chi connectivity index (χ4n) is 11.8. The van der Waals surface area contributed by atoms with E-state index in [4.69, 9.17) is 19.2 Å². The van der Waals surface area contributed by atoms with Crippen LogP contribution in [-0.2, 0) is 35.6 Å². The smallest absolute Gasteiger partial charge is 0.408 e. The molecule has 4 amide bonds. The molecule has 352 valence electrons. The standard InChI is InChI=1S/C49H66N6O9S/c1-3-31-20-21-49(31,46(58)54-65(60,61)48(2)22-23-48)53-43(56)39-27-35-28-55(39)45(57)41(29-12-6-4-7-13-29)52-47(59)64-40-24-30(40)14-8-5-9-16-37-42(62-34-25-32-18-19-33(26-34)50-32)36-15-10-11-17-38(36)51-44(37)63-35/h3,10-11,15,17,29-35,39-41,50H,1,4-9,12-14,16,18-28H2,2H3,(H,52,59)(H,53,56)(H,54,58). The molecule has 1 aromatic carbocycles. The zero-order valence-corrected chi connectivity index (χ0v) is 38.5. The van der Waals surface area contributed by atoms with Crippen LogP contribution in [0.15, 0.2) is 36.9 Å². The van der Waals surface area contributed by atoms with Crippen LogP contribution in [0.5, 0.6) is 11.6 Å². The number of fused-ring (bicyclic) bond motifs is 7. The molecule has 1 aromatic heterocycles. The minimum atomic E-state index is -4.02. The van der Waals surface area contributed by atoms with Gasteiger partial charge >= 0.3 is 6.09 Å². The van der Waals surface area contributed by atoms with Gasteiger partial charge in [-0.25, -0.2) is 18.2 Å². The highest BCUT2D eigenvalue weighted by Crippen LogP contribution is 2.46. The normalized spacial score (nSPS) is 34.8. The van der Waals surface area contributed by atoms with Crippen molar-refractivity contribution >= 4 is 44.7 Å². The van der Waals surface area contributed by atoms with Crippen LogP contribution in [0.3, 0.4) is 0 Å². The first-order chi connectivity index (χ1) is 31.3. The molecule has 4 aliphatic carbocycles. The maximum Gasteiger partial charge on any atom is 0.408 e. The summed E-state index contributed by atoms with van der Waals surface area (Å²) in [4.78, 5) is 64.6. The summed E-state index contributed by atoms with van der Waals surface area (Å²) in [6, 6.07) is 6.75. The molecule has 16 heteroatoms. The SMILES string of the molecule is C=CC1CCC1(NC(=O)C1CC2CN1C(=O)C(C1CCCCC1)NC(=O)OC1CC1CCCCCc1c(nc3ccccc3c1OC1CC3CCC(C1)N3)O2)C(=O)NS(=O)(=O)C1(C)CC1. The molecule has 8 aliphatic rings.